The summed E-state index contributed by atoms with van der Waals surface area (Å²) in [6.45, 7) is 7.29. The molecule has 2 amide bonds. The summed E-state index contributed by atoms with van der Waals surface area (Å²) in [6.07, 6.45) is 1.73. The number of carbonyl (C=O) groups is 4. The van der Waals surface area contributed by atoms with Crippen molar-refractivity contribution in [2.75, 3.05) is 59.4 Å². The lowest BCUT2D eigenvalue weighted by molar-refractivity contribution is -0.142. The monoisotopic (exact) mass is 506 g/mol. The minimum Gasteiger partial charge on any atom is -0.481 e. The Morgan fingerprint density at radius 3 is 1.83 bits per heavy atom. The fourth-order valence-electron chi connectivity index (χ4n) is 2.78. The van der Waals surface area contributed by atoms with E-state index in [1.165, 1.54) is 0 Å². The van der Waals surface area contributed by atoms with Crippen LogP contribution in [0.2, 0.25) is 0 Å². The molecular formula is C23H42N2O10. The molecule has 0 spiro atoms. The minimum absolute atomic E-state index is 0.00865. The highest BCUT2D eigenvalue weighted by Gasteiger charge is 2.20. The predicted octanol–water partition coefficient (Wildman–Crippen LogP) is 0.820. The van der Waals surface area contributed by atoms with Crippen molar-refractivity contribution in [1.82, 2.24) is 10.6 Å². The van der Waals surface area contributed by atoms with Crippen molar-refractivity contribution in [3.8, 4) is 0 Å². The SMILES string of the molecule is CCOCCOCCOCCOCCC(=O)N[C@@H](CCC(=O)NCCCC[C@H](C)C(=O)O)C(=O)O. The molecule has 12 heteroatoms. The number of nitrogens with one attached hydrogen (secondary N) is 2. The number of carboxylic acids is 2. The number of aliphatic carboxylic acids is 2. The number of amides is 2. The molecule has 0 saturated heterocycles. The molecule has 4 N–H and O–H groups in total. The highest BCUT2D eigenvalue weighted by atomic mass is 16.6. The van der Waals surface area contributed by atoms with Crippen molar-refractivity contribution in [1.29, 1.82) is 0 Å². The molecule has 0 aromatic heterocycles. The third kappa shape index (κ3) is 20.8. The van der Waals surface area contributed by atoms with E-state index in [0.717, 1.165) is 0 Å². The third-order valence-electron chi connectivity index (χ3n) is 4.89. The summed E-state index contributed by atoms with van der Waals surface area (Å²) < 4.78 is 21.1. The van der Waals surface area contributed by atoms with Gasteiger partial charge in [-0.1, -0.05) is 13.3 Å². The maximum atomic E-state index is 12.0. The van der Waals surface area contributed by atoms with E-state index < -0.39 is 29.8 Å². The molecule has 0 fully saturated rings. The zero-order valence-electron chi connectivity index (χ0n) is 20.9. The molecule has 0 bridgehead atoms. The van der Waals surface area contributed by atoms with Gasteiger partial charge in [-0.15, -0.1) is 0 Å². The summed E-state index contributed by atoms with van der Waals surface area (Å²) in [4.78, 5) is 46.0. The van der Waals surface area contributed by atoms with Crippen LogP contribution in [-0.2, 0) is 38.1 Å². The number of unbranched alkanes of at least 4 members (excludes halogenated alkanes) is 1. The topological polar surface area (TPSA) is 170 Å². The van der Waals surface area contributed by atoms with Gasteiger partial charge in [-0.2, -0.15) is 0 Å². The molecule has 204 valence electrons. The normalized spacial score (nSPS) is 12.6. The molecule has 0 saturated carbocycles. The fraction of sp³-hybridized carbons (Fsp3) is 0.826. The second-order valence-corrected chi connectivity index (χ2v) is 7.87. The Balaban J connectivity index is 3.81. The summed E-state index contributed by atoms with van der Waals surface area (Å²) in [6, 6.07) is -1.17. The summed E-state index contributed by atoms with van der Waals surface area (Å²) in [5.41, 5.74) is 0. The molecule has 12 nitrogen and oxygen atoms in total. The molecule has 0 aromatic rings. The number of carbonyl (C=O) groups excluding carboxylic acids is 2. The Morgan fingerprint density at radius 2 is 1.29 bits per heavy atom. The number of carboxylic acid groups (broad SMARTS) is 2. The maximum Gasteiger partial charge on any atom is 0.326 e. The van der Waals surface area contributed by atoms with Gasteiger partial charge in [-0.25, -0.2) is 4.79 Å². The van der Waals surface area contributed by atoms with Crippen LogP contribution in [0.3, 0.4) is 0 Å². The average Bonchev–Trinajstić information content (AvgIpc) is 2.81. The van der Waals surface area contributed by atoms with Crippen LogP contribution in [0.5, 0.6) is 0 Å². The molecule has 2 atom stereocenters. The molecule has 0 radical (unpaired) electrons. The average molecular weight is 507 g/mol. The van der Waals surface area contributed by atoms with Crippen LogP contribution >= 0.6 is 0 Å². The standard InChI is InChI=1S/C23H42N2O10/c1-3-32-12-13-34-16-17-35-15-14-33-11-9-21(27)25-19(23(30)31)7-8-20(26)24-10-5-4-6-18(2)22(28)29/h18-19H,3-17H2,1-2H3,(H,24,26)(H,25,27)(H,28,29)(H,30,31)/t18-,19-/m0/s1. The highest BCUT2D eigenvalue weighted by Crippen LogP contribution is 2.07. The fourth-order valence-corrected chi connectivity index (χ4v) is 2.78. The first-order valence-electron chi connectivity index (χ1n) is 12.1. The predicted molar refractivity (Wildman–Crippen MR) is 126 cm³/mol. The lowest BCUT2D eigenvalue weighted by Gasteiger charge is -2.14. The van der Waals surface area contributed by atoms with E-state index in [0.29, 0.717) is 72.1 Å². The Morgan fingerprint density at radius 1 is 0.714 bits per heavy atom. The molecule has 0 aliphatic rings. The Kier molecular flexibility index (Phi) is 20.8. The van der Waals surface area contributed by atoms with E-state index >= 15 is 0 Å². The van der Waals surface area contributed by atoms with Crippen molar-refractivity contribution in [2.45, 2.75) is 58.4 Å². The van der Waals surface area contributed by atoms with E-state index in [4.69, 9.17) is 24.1 Å². The molecular weight excluding hydrogens is 464 g/mol. The van der Waals surface area contributed by atoms with Crippen LogP contribution in [0.15, 0.2) is 0 Å². The van der Waals surface area contributed by atoms with Gasteiger partial charge in [0.05, 0.1) is 52.2 Å². The van der Waals surface area contributed by atoms with E-state index in [9.17, 15) is 24.3 Å². The van der Waals surface area contributed by atoms with Crippen molar-refractivity contribution >= 4 is 23.8 Å². The Bertz CT molecular complexity index is 603. The molecule has 0 aliphatic carbocycles. The zero-order chi connectivity index (χ0) is 26.3. The van der Waals surface area contributed by atoms with Gasteiger partial charge >= 0.3 is 11.9 Å². The van der Waals surface area contributed by atoms with Gasteiger partial charge in [0, 0.05) is 26.0 Å². The number of rotatable bonds is 24. The molecule has 0 aromatic carbocycles. The van der Waals surface area contributed by atoms with Crippen LogP contribution in [0.1, 0.15) is 52.4 Å². The van der Waals surface area contributed by atoms with Gasteiger partial charge in [0.25, 0.3) is 0 Å². The van der Waals surface area contributed by atoms with Crippen LogP contribution in [-0.4, -0.2) is 99.4 Å². The smallest absolute Gasteiger partial charge is 0.326 e. The minimum atomic E-state index is -1.22. The van der Waals surface area contributed by atoms with Gasteiger partial charge in [0.15, 0.2) is 0 Å². The quantitative estimate of drug-likeness (QED) is 0.137. The Hall–Kier alpha value is -2.28. The van der Waals surface area contributed by atoms with E-state index in [2.05, 4.69) is 10.6 Å². The van der Waals surface area contributed by atoms with Crippen LogP contribution in [0.4, 0.5) is 0 Å². The first-order valence-corrected chi connectivity index (χ1v) is 12.1. The zero-order valence-corrected chi connectivity index (χ0v) is 20.9. The number of ether oxygens (including phenoxy) is 4. The van der Waals surface area contributed by atoms with E-state index in [1.54, 1.807) is 6.92 Å². The molecule has 0 heterocycles. The third-order valence-corrected chi connectivity index (χ3v) is 4.89. The van der Waals surface area contributed by atoms with E-state index in [-0.39, 0.29) is 31.8 Å². The molecule has 0 aliphatic heterocycles. The second kappa shape index (κ2) is 22.2. The van der Waals surface area contributed by atoms with Crippen LogP contribution in [0.25, 0.3) is 0 Å². The largest absolute Gasteiger partial charge is 0.481 e. The van der Waals surface area contributed by atoms with Crippen molar-refractivity contribution < 1.29 is 48.3 Å². The van der Waals surface area contributed by atoms with Gasteiger partial charge in [-0.05, 0) is 26.2 Å². The van der Waals surface area contributed by atoms with Crippen LogP contribution in [0, 0.1) is 5.92 Å². The lowest BCUT2D eigenvalue weighted by Crippen LogP contribution is -2.42. The summed E-state index contributed by atoms with van der Waals surface area (Å²) in [5.74, 6) is -3.28. The van der Waals surface area contributed by atoms with Crippen LogP contribution < -0.4 is 10.6 Å². The maximum absolute atomic E-state index is 12.0. The first kappa shape index (κ1) is 32.7. The van der Waals surface area contributed by atoms with E-state index in [1.807, 2.05) is 6.92 Å². The Labute approximate surface area is 207 Å². The van der Waals surface area contributed by atoms with Gasteiger partial charge < -0.3 is 39.8 Å². The van der Waals surface area contributed by atoms with Gasteiger partial charge in [0.2, 0.25) is 11.8 Å². The van der Waals surface area contributed by atoms with Gasteiger partial charge in [0.1, 0.15) is 6.04 Å². The van der Waals surface area contributed by atoms with Crippen molar-refractivity contribution in [3.05, 3.63) is 0 Å². The highest BCUT2D eigenvalue weighted by molar-refractivity contribution is 5.84. The first-order chi connectivity index (χ1) is 16.8. The second-order valence-electron chi connectivity index (χ2n) is 7.87. The number of hydrogen-bond acceptors (Lipinski definition) is 8. The summed E-state index contributed by atoms with van der Waals surface area (Å²) >= 11 is 0. The van der Waals surface area contributed by atoms with Crippen molar-refractivity contribution in [2.24, 2.45) is 5.92 Å². The summed E-state index contributed by atoms with van der Waals surface area (Å²) in [7, 11) is 0. The van der Waals surface area contributed by atoms with Gasteiger partial charge in [-0.3, -0.25) is 14.4 Å². The molecule has 0 unspecified atom stereocenters. The molecule has 35 heavy (non-hydrogen) atoms. The number of hydrogen-bond donors (Lipinski definition) is 4. The van der Waals surface area contributed by atoms with Crippen molar-refractivity contribution in [3.63, 3.8) is 0 Å². The lowest BCUT2D eigenvalue weighted by atomic mass is 10.0. The summed E-state index contributed by atoms with van der Waals surface area (Å²) in [5, 5.41) is 23.2. The molecule has 0 rings (SSSR count).